The van der Waals surface area contributed by atoms with E-state index in [1.807, 2.05) is 30.3 Å². The summed E-state index contributed by atoms with van der Waals surface area (Å²) in [6.45, 7) is 5.62. The Bertz CT molecular complexity index is 521. The van der Waals surface area contributed by atoms with Crippen molar-refractivity contribution in [2.24, 2.45) is 0 Å². The third kappa shape index (κ3) is 3.54. The molecule has 0 N–H and O–H groups in total. The second kappa shape index (κ2) is 5.76. The van der Waals surface area contributed by atoms with Crippen LogP contribution < -0.4 is 5.11 Å². The first-order valence-corrected chi connectivity index (χ1v) is 7.05. The molecule has 1 heterocycles. The number of carboxylic acid groups (broad SMARTS) is 1. The van der Waals surface area contributed by atoms with Crippen LogP contribution in [0.3, 0.4) is 0 Å². The molecule has 1 saturated heterocycles. The second-order valence-corrected chi connectivity index (χ2v) is 6.24. The van der Waals surface area contributed by atoms with Crippen LogP contribution in [0.5, 0.6) is 0 Å². The normalized spacial score (nSPS) is 22.1. The van der Waals surface area contributed by atoms with Crippen LogP contribution in [0.25, 0.3) is 0 Å². The van der Waals surface area contributed by atoms with Crippen molar-refractivity contribution in [3.63, 3.8) is 0 Å². The molecule has 1 fully saturated rings. The first kappa shape index (κ1) is 15.4. The summed E-state index contributed by atoms with van der Waals surface area (Å²) in [6.07, 6.45) is -0.0165. The summed E-state index contributed by atoms with van der Waals surface area (Å²) in [7, 11) is 0. The Hall–Kier alpha value is -2.04. The van der Waals surface area contributed by atoms with Crippen molar-refractivity contribution < 1.29 is 19.4 Å². The SMILES string of the molecule is CC(C)(C)OC(=O)N1CC[C@@H](c2ccccc2)[C@@H]1C(=O)[O-]. The lowest BCUT2D eigenvalue weighted by atomic mass is 9.92. The van der Waals surface area contributed by atoms with Crippen molar-refractivity contribution in [2.75, 3.05) is 6.54 Å². The average Bonchev–Trinajstić information content (AvgIpc) is 2.82. The number of carbonyl (C=O) groups excluding carboxylic acids is 2. The van der Waals surface area contributed by atoms with E-state index in [1.165, 1.54) is 4.90 Å². The molecule has 1 amide bonds. The summed E-state index contributed by atoms with van der Waals surface area (Å²) in [5, 5.41) is 11.5. The van der Waals surface area contributed by atoms with Gasteiger partial charge in [0.15, 0.2) is 0 Å². The molecule has 1 aromatic rings. The Labute approximate surface area is 124 Å². The zero-order chi connectivity index (χ0) is 15.6. The first-order valence-electron chi connectivity index (χ1n) is 7.05. The van der Waals surface area contributed by atoms with Gasteiger partial charge in [-0.2, -0.15) is 0 Å². The number of carboxylic acids is 1. The second-order valence-electron chi connectivity index (χ2n) is 6.24. The summed E-state index contributed by atoms with van der Waals surface area (Å²) in [6, 6.07) is 8.36. The third-order valence-corrected chi connectivity index (χ3v) is 3.50. The lowest BCUT2D eigenvalue weighted by molar-refractivity contribution is -0.310. The minimum Gasteiger partial charge on any atom is -0.548 e. The zero-order valence-electron chi connectivity index (χ0n) is 12.5. The van der Waals surface area contributed by atoms with Gasteiger partial charge in [0.25, 0.3) is 0 Å². The molecular formula is C16H20NO4-. The highest BCUT2D eigenvalue weighted by Crippen LogP contribution is 2.34. The number of carbonyl (C=O) groups is 2. The lowest BCUT2D eigenvalue weighted by Crippen LogP contribution is -2.50. The van der Waals surface area contributed by atoms with Crippen LogP contribution in [0.4, 0.5) is 4.79 Å². The molecule has 0 radical (unpaired) electrons. The summed E-state index contributed by atoms with van der Waals surface area (Å²) in [4.78, 5) is 24.9. The van der Waals surface area contributed by atoms with Crippen LogP contribution in [0.15, 0.2) is 30.3 Å². The molecule has 1 aliphatic rings. The fraction of sp³-hybridized carbons (Fsp3) is 0.500. The number of likely N-dealkylation sites (tertiary alicyclic amines) is 1. The van der Waals surface area contributed by atoms with E-state index in [4.69, 9.17) is 4.74 Å². The highest BCUT2D eigenvalue weighted by atomic mass is 16.6. The Kier molecular flexibility index (Phi) is 4.21. The monoisotopic (exact) mass is 290 g/mol. The minimum absolute atomic E-state index is 0.260. The number of amides is 1. The summed E-state index contributed by atoms with van der Waals surface area (Å²) in [5.41, 5.74) is 0.246. The van der Waals surface area contributed by atoms with E-state index in [2.05, 4.69) is 0 Å². The molecule has 21 heavy (non-hydrogen) atoms. The highest BCUT2D eigenvalue weighted by molar-refractivity contribution is 5.81. The van der Waals surface area contributed by atoms with Gasteiger partial charge in [-0.05, 0) is 32.8 Å². The number of ether oxygens (including phenoxy) is 1. The number of hydrogen-bond donors (Lipinski definition) is 0. The zero-order valence-corrected chi connectivity index (χ0v) is 12.5. The van der Waals surface area contributed by atoms with Crippen molar-refractivity contribution in [3.8, 4) is 0 Å². The van der Waals surface area contributed by atoms with E-state index < -0.39 is 23.7 Å². The highest BCUT2D eigenvalue weighted by Gasteiger charge is 2.40. The van der Waals surface area contributed by atoms with Crippen LogP contribution in [0.2, 0.25) is 0 Å². The molecule has 1 aromatic carbocycles. The van der Waals surface area contributed by atoms with Crippen LogP contribution in [0, 0.1) is 0 Å². The van der Waals surface area contributed by atoms with Gasteiger partial charge in [0.05, 0.1) is 12.0 Å². The van der Waals surface area contributed by atoms with Crippen LogP contribution in [-0.4, -0.2) is 35.2 Å². The maximum Gasteiger partial charge on any atom is 0.410 e. The van der Waals surface area contributed by atoms with E-state index >= 15 is 0 Å². The van der Waals surface area contributed by atoms with Crippen molar-refractivity contribution >= 4 is 12.1 Å². The van der Waals surface area contributed by atoms with E-state index in [0.717, 1.165) is 5.56 Å². The number of nitrogens with zero attached hydrogens (tertiary/aromatic N) is 1. The molecule has 1 aliphatic heterocycles. The Balaban J connectivity index is 2.22. The fourth-order valence-corrected chi connectivity index (χ4v) is 2.66. The molecule has 2 rings (SSSR count). The van der Waals surface area contributed by atoms with Crippen LogP contribution >= 0.6 is 0 Å². The van der Waals surface area contributed by atoms with E-state index in [1.54, 1.807) is 20.8 Å². The van der Waals surface area contributed by atoms with Crippen molar-refractivity contribution in [3.05, 3.63) is 35.9 Å². The molecule has 0 spiro atoms. The molecule has 0 aromatic heterocycles. The topological polar surface area (TPSA) is 69.7 Å². The lowest BCUT2D eigenvalue weighted by Gasteiger charge is -2.31. The van der Waals surface area contributed by atoms with E-state index in [0.29, 0.717) is 13.0 Å². The van der Waals surface area contributed by atoms with Gasteiger partial charge < -0.3 is 14.6 Å². The maximum absolute atomic E-state index is 12.2. The Morgan fingerprint density at radius 2 is 1.86 bits per heavy atom. The Morgan fingerprint density at radius 1 is 1.24 bits per heavy atom. The number of rotatable bonds is 2. The molecule has 2 atom stereocenters. The van der Waals surface area contributed by atoms with Gasteiger partial charge in [-0.25, -0.2) is 4.79 Å². The number of benzene rings is 1. The summed E-state index contributed by atoms with van der Waals surface area (Å²) < 4.78 is 5.28. The summed E-state index contributed by atoms with van der Waals surface area (Å²) in [5.74, 6) is -1.50. The smallest absolute Gasteiger partial charge is 0.410 e. The molecule has 0 aliphatic carbocycles. The molecule has 5 nitrogen and oxygen atoms in total. The Morgan fingerprint density at radius 3 is 2.38 bits per heavy atom. The molecular weight excluding hydrogens is 270 g/mol. The standard InChI is InChI=1S/C16H21NO4/c1-16(2,3)21-15(20)17-10-9-12(13(17)14(18)19)11-7-5-4-6-8-11/h4-8,12-13H,9-10H2,1-3H3,(H,18,19)/p-1/t12-,13+/m0/s1. The van der Waals surface area contributed by atoms with E-state index in [9.17, 15) is 14.7 Å². The quantitative estimate of drug-likeness (QED) is 0.828. The van der Waals surface area contributed by atoms with Gasteiger partial charge in [-0.1, -0.05) is 30.3 Å². The number of hydrogen-bond acceptors (Lipinski definition) is 4. The maximum atomic E-state index is 12.2. The van der Waals surface area contributed by atoms with Crippen molar-refractivity contribution in [1.29, 1.82) is 0 Å². The molecule has 0 unspecified atom stereocenters. The van der Waals surface area contributed by atoms with E-state index in [-0.39, 0.29) is 5.92 Å². The van der Waals surface area contributed by atoms with Gasteiger partial charge in [-0.3, -0.25) is 4.90 Å². The minimum atomic E-state index is -1.24. The van der Waals surface area contributed by atoms with Crippen molar-refractivity contribution in [1.82, 2.24) is 4.90 Å². The largest absolute Gasteiger partial charge is 0.548 e. The fourth-order valence-electron chi connectivity index (χ4n) is 2.66. The van der Waals surface area contributed by atoms with Crippen molar-refractivity contribution in [2.45, 2.75) is 44.8 Å². The number of aliphatic carboxylic acids is 1. The van der Waals surface area contributed by atoms with Gasteiger partial charge >= 0.3 is 6.09 Å². The van der Waals surface area contributed by atoms with Gasteiger partial charge in [0.2, 0.25) is 0 Å². The molecule has 5 heteroatoms. The summed E-state index contributed by atoms with van der Waals surface area (Å²) >= 11 is 0. The predicted octanol–water partition coefficient (Wildman–Crippen LogP) is 1.53. The van der Waals surface area contributed by atoms with Gasteiger partial charge in [0.1, 0.15) is 5.60 Å². The first-order chi connectivity index (χ1) is 9.79. The van der Waals surface area contributed by atoms with Crippen LogP contribution in [0.1, 0.15) is 38.7 Å². The third-order valence-electron chi connectivity index (χ3n) is 3.50. The predicted molar refractivity (Wildman–Crippen MR) is 75.5 cm³/mol. The van der Waals surface area contributed by atoms with Gasteiger partial charge in [0, 0.05) is 12.5 Å². The average molecular weight is 290 g/mol. The van der Waals surface area contributed by atoms with Crippen LogP contribution in [-0.2, 0) is 9.53 Å². The molecule has 0 saturated carbocycles. The molecule has 0 bridgehead atoms. The van der Waals surface area contributed by atoms with Gasteiger partial charge in [-0.15, -0.1) is 0 Å². The molecule has 114 valence electrons.